The third-order valence-electron chi connectivity index (χ3n) is 2.84. The van der Waals surface area contributed by atoms with E-state index in [1.807, 2.05) is 5.38 Å². The van der Waals surface area contributed by atoms with E-state index in [9.17, 15) is 14.4 Å². The summed E-state index contributed by atoms with van der Waals surface area (Å²) in [4.78, 5) is 34.8. The van der Waals surface area contributed by atoms with Gasteiger partial charge in [0.15, 0.2) is 0 Å². The lowest BCUT2D eigenvalue weighted by Crippen LogP contribution is -2.45. The Labute approximate surface area is 126 Å². The molecule has 0 aromatic carbocycles. The zero-order valence-electron chi connectivity index (χ0n) is 11.8. The second-order valence-corrected chi connectivity index (χ2v) is 5.89. The number of carbonyl (C=O) groups is 3. The summed E-state index contributed by atoms with van der Waals surface area (Å²) in [5.74, 6) is -1.78. The Morgan fingerprint density at radius 1 is 1.33 bits per heavy atom. The van der Waals surface area contributed by atoms with Gasteiger partial charge < -0.3 is 21.5 Å². The van der Waals surface area contributed by atoms with Crippen molar-refractivity contribution in [2.24, 2.45) is 11.7 Å². The number of hydrogen-bond donors (Lipinski definition) is 4. The van der Waals surface area contributed by atoms with Crippen molar-refractivity contribution in [1.29, 1.82) is 0 Å². The van der Waals surface area contributed by atoms with Gasteiger partial charge in [-0.1, -0.05) is 19.9 Å². The molecule has 0 spiro atoms. The highest BCUT2D eigenvalue weighted by atomic mass is 32.1. The van der Waals surface area contributed by atoms with Crippen LogP contribution in [0.2, 0.25) is 0 Å². The first-order valence-electron chi connectivity index (χ1n) is 6.42. The molecule has 21 heavy (non-hydrogen) atoms. The van der Waals surface area contributed by atoms with Crippen molar-refractivity contribution in [3.63, 3.8) is 0 Å². The fourth-order valence-corrected chi connectivity index (χ4v) is 2.59. The van der Waals surface area contributed by atoms with Gasteiger partial charge in [-0.15, -0.1) is 11.3 Å². The Kier molecular flexibility index (Phi) is 6.16. The fraction of sp³-hybridized carbons (Fsp3) is 0.462. The first-order valence-corrected chi connectivity index (χ1v) is 7.30. The molecule has 5 N–H and O–H groups in total. The van der Waals surface area contributed by atoms with Gasteiger partial charge in [0.05, 0.1) is 12.5 Å². The Hall–Kier alpha value is -2.09. The van der Waals surface area contributed by atoms with E-state index in [-0.39, 0.29) is 12.3 Å². The van der Waals surface area contributed by atoms with Crippen molar-refractivity contribution < 1.29 is 19.5 Å². The molecule has 0 fully saturated rings. The number of hydrogen-bond acceptors (Lipinski definition) is 4. The molecule has 1 aromatic heterocycles. The smallest absolute Gasteiger partial charge is 0.326 e. The van der Waals surface area contributed by atoms with Gasteiger partial charge in [0.1, 0.15) is 6.04 Å². The number of carboxylic acid groups (broad SMARTS) is 1. The van der Waals surface area contributed by atoms with Crippen molar-refractivity contribution in [3.8, 4) is 0 Å². The van der Waals surface area contributed by atoms with Gasteiger partial charge in [-0.05, 0) is 17.4 Å². The van der Waals surface area contributed by atoms with Gasteiger partial charge in [0.2, 0.25) is 5.91 Å². The highest BCUT2D eigenvalue weighted by Gasteiger charge is 2.25. The van der Waals surface area contributed by atoms with Crippen LogP contribution in [0.5, 0.6) is 0 Å². The van der Waals surface area contributed by atoms with E-state index in [0.717, 1.165) is 4.88 Å². The maximum absolute atomic E-state index is 12.0. The molecule has 0 bridgehead atoms. The third-order valence-corrected chi connectivity index (χ3v) is 3.83. The summed E-state index contributed by atoms with van der Waals surface area (Å²) < 4.78 is 0. The maximum atomic E-state index is 12.0. The van der Waals surface area contributed by atoms with E-state index in [1.54, 1.807) is 26.0 Å². The van der Waals surface area contributed by atoms with Crippen LogP contribution in [0.4, 0.5) is 4.79 Å². The molecular weight excluding hydrogens is 294 g/mol. The first-order chi connectivity index (χ1) is 9.81. The number of carboxylic acids is 1. The molecule has 0 radical (unpaired) electrons. The van der Waals surface area contributed by atoms with E-state index in [2.05, 4.69) is 10.6 Å². The number of rotatable bonds is 7. The number of nitrogens with two attached hydrogens (primary N) is 1. The van der Waals surface area contributed by atoms with Crippen molar-refractivity contribution in [3.05, 3.63) is 22.4 Å². The molecule has 0 aliphatic rings. The SMILES string of the molecule is CC(C)[C@@H](NC(=O)CC(NC(N)=O)c1cccs1)C(=O)O. The molecule has 1 rings (SSSR count). The van der Waals surface area contributed by atoms with Gasteiger partial charge in [-0.2, -0.15) is 0 Å². The molecule has 0 aliphatic heterocycles. The monoisotopic (exact) mass is 313 g/mol. The predicted octanol–water partition coefficient (Wildman–Crippen LogP) is 1.07. The lowest BCUT2D eigenvalue weighted by Gasteiger charge is -2.20. The molecular formula is C13H19N3O4S. The van der Waals surface area contributed by atoms with E-state index < -0.39 is 30.0 Å². The summed E-state index contributed by atoms with van der Waals surface area (Å²) in [5.41, 5.74) is 5.10. The number of aliphatic carboxylic acids is 1. The van der Waals surface area contributed by atoms with Crippen LogP contribution >= 0.6 is 11.3 Å². The van der Waals surface area contributed by atoms with Crippen molar-refractivity contribution in [2.45, 2.75) is 32.4 Å². The molecule has 0 saturated heterocycles. The molecule has 116 valence electrons. The molecule has 3 amide bonds. The minimum atomic E-state index is -1.09. The molecule has 0 saturated carbocycles. The molecule has 1 heterocycles. The number of thiophene rings is 1. The molecule has 2 atom stereocenters. The standard InChI is InChI=1S/C13H19N3O4S/c1-7(2)11(12(18)19)16-10(17)6-8(15-13(14)20)9-4-3-5-21-9/h3-5,7-8,11H,6H2,1-2H3,(H,16,17)(H,18,19)(H3,14,15,20)/t8?,11-/m1/s1. The third kappa shape index (κ3) is 5.42. The Morgan fingerprint density at radius 2 is 2.00 bits per heavy atom. The number of carbonyl (C=O) groups excluding carboxylic acids is 2. The highest BCUT2D eigenvalue weighted by Crippen LogP contribution is 2.22. The summed E-state index contributed by atoms with van der Waals surface area (Å²) in [6.07, 6.45) is -0.0695. The van der Waals surface area contributed by atoms with E-state index in [4.69, 9.17) is 10.8 Å². The topological polar surface area (TPSA) is 122 Å². The molecule has 0 aliphatic carbocycles. The summed E-state index contributed by atoms with van der Waals surface area (Å²) in [7, 11) is 0. The fourth-order valence-electron chi connectivity index (χ4n) is 1.82. The zero-order chi connectivity index (χ0) is 16.0. The average molecular weight is 313 g/mol. The summed E-state index contributed by atoms with van der Waals surface area (Å²) >= 11 is 1.38. The van der Waals surface area contributed by atoms with Gasteiger partial charge >= 0.3 is 12.0 Å². The second kappa shape index (κ2) is 7.63. The molecule has 8 heteroatoms. The normalized spacial score (nSPS) is 13.5. The highest BCUT2D eigenvalue weighted by molar-refractivity contribution is 7.10. The Balaban J connectivity index is 2.72. The van der Waals surface area contributed by atoms with Crippen LogP contribution in [0, 0.1) is 5.92 Å². The first kappa shape index (κ1) is 17.0. The lowest BCUT2D eigenvalue weighted by molar-refractivity contribution is -0.143. The average Bonchev–Trinajstić information content (AvgIpc) is 2.87. The summed E-state index contributed by atoms with van der Waals surface area (Å²) in [5, 5.41) is 15.8. The quantitative estimate of drug-likeness (QED) is 0.601. The molecule has 1 unspecified atom stereocenters. The van der Waals surface area contributed by atoms with Crippen LogP contribution < -0.4 is 16.4 Å². The van der Waals surface area contributed by atoms with E-state index in [0.29, 0.717) is 0 Å². The Morgan fingerprint density at radius 3 is 2.43 bits per heavy atom. The Bertz CT molecular complexity index is 502. The zero-order valence-corrected chi connectivity index (χ0v) is 12.6. The lowest BCUT2D eigenvalue weighted by atomic mass is 10.0. The van der Waals surface area contributed by atoms with E-state index in [1.165, 1.54) is 11.3 Å². The number of amides is 3. The second-order valence-electron chi connectivity index (χ2n) is 4.91. The number of primary amides is 1. The van der Waals surface area contributed by atoms with Crippen LogP contribution in [0.15, 0.2) is 17.5 Å². The predicted molar refractivity (Wildman–Crippen MR) is 78.8 cm³/mol. The molecule has 1 aromatic rings. The van der Waals surface area contributed by atoms with Crippen molar-refractivity contribution in [1.82, 2.24) is 10.6 Å². The largest absolute Gasteiger partial charge is 0.480 e. The number of urea groups is 1. The van der Waals surface area contributed by atoms with Crippen molar-refractivity contribution in [2.75, 3.05) is 0 Å². The summed E-state index contributed by atoms with van der Waals surface area (Å²) in [6, 6.07) is 1.30. The van der Waals surface area contributed by atoms with Crippen molar-refractivity contribution >= 4 is 29.2 Å². The van der Waals surface area contributed by atoms with Gasteiger partial charge in [0.25, 0.3) is 0 Å². The molecule has 7 nitrogen and oxygen atoms in total. The minimum Gasteiger partial charge on any atom is -0.480 e. The van der Waals surface area contributed by atoms with Crippen LogP contribution in [0.1, 0.15) is 31.2 Å². The van der Waals surface area contributed by atoms with Crippen LogP contribution in [-0.4, -0.2) is 29.1 Å². The van der Waals surface area contributed by atoms with Gasteiger partial charge in [0, 0.05) is 4.88 Å². The summed E-state index contributed by atoms with van der Waals surface area (Å²) in [6.45, 7) is 3.41. The maximum Gasteiger partial charge on any atom is 0.326 e. The van der Waals surface area contributed by atoms with E-state index >= 15 is 0 Å². The number of nitrogens with one attached hydrogen (secondary N) is 2. The van der Waals surface area contributed by atoms with Crippen LogP contribution in [0.3, 0.4) is 0 Å². The van der Waals surface area contributed by atoms with Gasteiger partial charge in [-0.25, -0.2) is 9.59 Å². The minimum absolute atomic E-state index is 0.0695. The van der Waals surface area contributed by atoms with Crippen LogP contribution in [0.25, 0.3) is 0 Å². The van der Waals surface area contributed by atoms with Crippen LogP contribution in [-0.2, 0) is 9.59 Å². The van der Waals surface area contributed by atoms with Gasteiger partial charge in [-0.3, -0.25) is 4.79 Å².